The zero-order chi connectivity index (χ0) is 13.8. The minimum atomic E-state index is -0.0932. The van der Waals surface area contributed by atoms with Crippen LogP contribution in [0, 0.1) is 6.92 Å². The van der Waals surface area contributed by atoms with E-state index in [1.165, 1.54) is 0 Å². The lowest BCUT2D eigenvalue weighted by molar-refractivity contribution is 0.0951. The molecule has 5 heteroatoms. The number of aromatic nitrogens is 2. The number of rotatable bonds is 4. The van der Waals surface area contributed by atoms with Crippen LogP contribution in [-0.2, 0) is 19.5 Å². The second-order valence-corrected chi connectivity index (χ2v) is 4.69. The van der Waals surface area contributed by atoms with Gasteiger partial charge in [0.1, 0.15) is 0 Å². The van der Waals surface area contributed by atoms with E-state index in [2.05, 4.69) is 10.4 Å². The Morgan fingerprint density at radius 1 is 1.37 bits per heavy atom. The predicted octanol–water partition coefficient (Wildman–Crippen LogP) is 2.40. The number of carbonyl (C=O) groups is 1. The van der Waals surface area contributed by atoms with Gasteiger partial charge >= 0.3 is 0 Å². The first-order chi connectivity index (χ1) is 9.10. The Morgan fingerprint density at radius 2 is 2.05 bits per heavy atom. The highest BCUT2D eigenvalue weighted by Crippen LogP contribution is 2.08. The zero-order valence-electron chi connectivity index (χ0n) is 11.0. The van der Waals surface area contributed by atoms with Gasteiger partial charge in [0, 0.05) is 36.8 Å². The van der Waals surface area contributed by atoms with Crippen LogP contribution in [0.4, 0.5) is 0 Å². The van der Waals surface area contributed by atoms with E-state index in [9.17, 15) is 4.79 Å². The molecule has 1 aromatic carbocycles. The van der Waals surface area contributed by atoms with Crippen LogP contribution in [0.15, 0.2) is 30.5 Å². The summed E-state index contributed by atoms with van der Waals surface area (Å²) in [4.78, 5) is 12.0. The fraction of sp³-hybridized carbons (Fsp3) is 0.286. The molecule has 1 aromatic heterocycles. The third kappa shape index (κ3) is 3.35. The molecule has 2 rings (SSSR count). The van der Waals surface area contributed by atoms with Gasteiger partial charge in [-0.25, -0.2) is 0 Å². The SMILES string of the molecule is Cc1nn(C)cc1CNC(=O)c1ccc(CCl)cc1. The maximum absolute atomic E-state index is 12.0. The summed E-state index contributed by atoms with van der Waals surface area (Å²) in [6.45, 7) is 2.41. The summed E-state index contributed by atoms with van der Waals surface area (Å²) >= 11 is 5.71. The number of halogens is 1. The number of nitrogens with zero attached hydrogens (tertiary/aromatic N) is 2. The maximum atomic E-state index is 12.0. The molecule has 0 fully saturated rings. The minimum Gasteiger partial charge on any atom is -0.348 e. The maximum Gasteiger partial charge on any atom is 0.251 e. The fourth-order valence-electron chi connectivity index (χ4n) is 1.84. The number of carbonyl (C=O) groups excluding carboxylic acids is 1. The summed E-state index contributed by atoms with van der Waals surface area (Å²) in [6.07, 6.45) is 1.91. The van der Waals surface area contributed by atoms with Gasteiger partial charge < -0.3 is 5.32 Å². The van der Waals surface area contributed by atoms with Crippen molar-refractivity contribution in [1.29, 1.82) is 0 Å². The van der Waals surface area contributed by atoms with Crippen molar-refractivity contribution < 1.29 is 4.79 Å². The molecule has 0 aliphatic heterocycles. The Bertz CT molecular complexity index is 575. The molecule has 1 amide bonds. The quantitative estimate of drug-likeness (QED) is 0.873. The first kappa shape index (κ1) is 13.6. The Morgan fingerprint density at radius 3 is 2.58 bits per heavy atom. The Hall–Kier alpha value is -1.81. The standard InChI is InChI=1S/C14H16ClN3O/c1-10-13(9-18(2)17-10)8-16-14(19)12-5-3-11(7-15)4-6-12/h3-6,9H,7-8H2,1-2H3,(H,16,19). The molecule has 0 bridgehead atoms. The summed E-state index contributed by atoms with van der Waals surface area (Å²) in [6, 6.07) is 7.28. The molecule has 0 spiro atoms. The van der Waals surface area contributed by atoms with Gasteiger partial charge in [-0.3, -0.25) is 9.48 Å². The second-order valence-electron chi connectivity index (χ2n) is 4.43. The lowest BCUT2D eigenvalue weighted by Gasteiger charge is -2.05. The first-order valence-electron chi connectivity index (χ1n) is 6.02. The summed E-state index contributed by atoms with van der Waals surface area (Å²) < 4.78 is 1.74. The summed E-state index contributed by atoms with van der Waals surface area (Å²) in [5, 5.41) is 7.12. The van der Waals surface area contributed by atoms with Crippen LogP contribution in [0.3, 0.4) is 0 Å². The molecule has 2 aromatic rings. The van der Waals surface area contributed by atoms with Crippen molar-refractivity contribution in [1.82, 2.24) is 15.1 Å². The molecule has 1 heterocycles. The second kappa shape index (κ2) is 5.89. The van der Waals surface area contributed by atoms with E-state index in [0.717, 1.165) is 16.8 Å². The fourth-order valence-corrected chi connectivity index (χ4v) is 2.02. The highest BCUT2D eigenvalue weighted by atomic mass is 35.5. The number of nitrogens with one attached hydrogen (secondary N) is 1. The number of aryl methyl sites for hydroxylation is 2. The third-order valence-electron chi connectivity index (χ3n) is 2.92. The van der Waals surface area contributed by atoms with Gasteiger partial charge in [-0.2, -0.15) is 5.10 Å². The van der Waals surface area contributed by atoms with E-state index in [-0.39, 0.29) is 5.91 Å². The van der Waals surface area contributed by atoms with Gasteiger partial charge in [0.2, 0.25) is 0 Å². The molecule has 0 unspecified atom stereocenters. The van der Waals surface area contributed by atoms with Gasteiger partial charge in [-0.1, -0.05) is 12.1 Å². The Kier molecular flexibility index (Phi) is 4.22. The average Bonchev–Trinajstić information content (AvgIpc) is 2.74. The van der Waals surface area contributed by atoms with Gasteiger partial charge in [-0.15, -0.1) is 11.6 Å². The number of hydrogen-bond acceptors (Lipinski definition) is 2. The Balaban J connectivity index is 1.99. The van der Waals surface area contributed by atoms with Crippen molar-refractivity contribution in [2.24, 2.45) is 7.05 Å². The number of alkyl halides is 1. The van der Waals surface area contributed by atoms with Crippen LogP contribution < -0.4 is 5.32 Å². The van der Waals surface area contributed by atoms with Gasteiger partial charge in [-0.05, 0) is 24.6 Å². The van der Waals surface area contributed by atoms with Crippen LogP contribution in [0.1, 0.15) is 27.2 Å². The zero-order valence-corrected chi connectivity index (χ0v) is 11.7. The summed E-state index contributed by atoms with van der Waals surface area (Å²) in [5.74, 6) is 0.362. The van der Waals surface area contributed by atoms with Crippen LogP contribution in [-0.4, -0.2) is 15.7 Å². The molecule has 1 N–H and O–H groups in total. The topological polar surface area (TPSA) is 46.9 Å². The van der Waals surface area contributed by atoms with Crippen LogP contribution >= 0.6 is 11.6 Å². The highest BCUT2D eigenvalue weighted by molar-refractivity contribution is 6.17. The van der Waals surface area contributed by atoms with Crippen molar-refractivity contribution in [3.05, 3.63) is 52.8 Å². The van der Waals surface area contributed by atoms with Crippen molar-refractivity contribution in [3.63, 3.8) is 0 Å². The monoisotopic (exact) mass is 277 g/mol. The van der Waals surface area contributed by atoms with E-state index in [1.807, 2.05) is 32.3 Å². The van der Waals surface area contributed by atoms with Crippen molar-refractivity contribution in [3.8, 4) is 0 Å². The van der Waals surface area contributed by atoms with Crippen molar-refractivity contribution in [2.75, 3.05) is 0 Å². The third-order valence-corrected chi connectivity index (χ3v) is 3.23. The largest absolute Gasteiger partial charge is 0.348 e. The highest BCUT2D eigenvalue weighted by Gasteiger charge is 2.07. The van der Waals surface area contributed by atoms with Crippen molar-refractivity contribution in [2.45, 2.75) is 19.3 Å². The Labute approximate surface area is 117 Å². The molecule has 0 saturated heterocycles. The molecular weight excluding hydrogens is 262 g/mol. The van der Waals surface area contributed by atoms with Crippen LogP contribution in [0.5, 0.6) is 0 Å². The lowest BCUT2D eigenvalue weighted by Crippen LogP contribution is -2.22. The molecule has 4 nitrogen and oxygen atoms in total. The van der Waals surface area contributed by atoms with Crippen LogP contribution in [0.25, 0.3) is 0 Å². The molecule has 0 aliphatic carbocycles. The molecule has 0 saturated carbocycles. The molecule has 19 heavy (non-hydrogen) atoms. The predicted molar refractivity (Wildman–Crippen MR) is 75.1 cm³/mol. The molecule has 0 radical (unpaired) electrons. The molecule has 100 valence electrons. The lowest BCUT2D eigenvalue weighted by atomic mass is 10.1. The van der Waals surface area contributed by atoms with E-state index < -0.39 is 0 Å². The van der Waals surface area contributed by atoms with E-state index in [0.29, 0.717) is 18.0 Å². The molecule has 0 atom stereocenters. The van der Waals surface area contributed by atoms with E-state index in [4.69, 9.17) is 11.6 Å². The summed E-state index contributed by atoms with van der Waals surface area (Å²) in [5.41, 5.74) is 3.59. The molecular formula is C14H16ClN3O. The average molecular weight is 278 g/mol. The van der Waals surface area contributed by atoms with Crippen LogP contribution in [0.2, 0.25) is 0 Å². The molecule has 0 aliphatic rings. The first-order valence-corrected chi connectivity index (χ1v) is 6.56. The number of benzene rings is 1. The van der Waals surface area contributed by atoms with E-state index in [1.54, 1.807) is 16.8 Å². The number of hydrogen-bond donors (Lipinski definition) is 1. The van der Waals surface area contributed by atoms with Gasteiger partial charge in [0.05, 0.1) is 5.69 Å². The van der Waals surface area contributed by atoms with Gasteiger partial charge in [0.15, 0.2) is 0 Å². The normalized spacial score (nSPS) is 10.5. The number of amides is 1. The smallest absolute Gasteiger partial charge is 0.251 e. The van der Waals surface area contributed by atoms with Gasteiger partial charge in [0.25, 0.3) is 5.91 Å². The summed E-state index contributed by atoms with van der Waals surface area (Å²) in [7, 11) is 1.86. The van der Waals surface area contributed by atoms with Crippen molar-refractivity contribution >= 4 is 17.5 Å². The van der Waals surface area contributed by atoms with E-state index >= 15 is 0 Å². The minimum absolute atomic E-state index is 0.0932.